The van der Waals surface area contributed by atoms with Gasteiger partial charge in [0.2, 0.25) is 0 Å². The standard InChI is InChI=1S/C20H31N3/c1-13(21)7-8-17-14(2)22(6)19-10-16-12-23(20(3,4)5)11-15(16)9-18(17)19/h9-10,13H,7-8,11-12,21H2,1-6H3. The molecule has 2 N–H and O–H groups in total. The van der Waals surface area contributed by atoms with Gasteiger partial charge < -0.3 is 10.3 Å². The number of nitrogens with two attached hydrogens (primary N) is 1. The largest absolute Gasteiger partial charge is 0.348 e. The highest BCUT2D eigenvalue weighted by atomic mass is 15.2. The highest BCUT2D eigenvalue weighted by Gasteiger charge is 2.29. The molecule has 3 nitrogen and oxygen atoms in total. The number of aromatic nitrogens is 1. The number of fused-ring (bicyclic) bond motifs is 2. The van der Waals surface area contributed by atoms with Crippen LogP contribution in [0.15, 0.2) is 12.1 Å². The highest BCUT2D eigenvalue weighted by molar-refractivity contribution is 5.87. The molecule has 1 aromatic heterocycles. The molecule has 0 amide bonds. The highest BCUT2D eigenvalue weighted by Crippen LogP contribution is 2.35. The Balaban J connectivity index is 2.04. The van der Waals surface area contributed by atoms with Gasteiger partial charge in [-0.25, -0.2) is 0 Å². The topological polar surface area (TPSA) is 34.2 Å². The van der Waals surface area contributed by atoms with Crippen LogP contribution < -0.4 is 5.73 Å². The van der Waals surface area contributed by atoms with Crippen LogP contribution in [-0.4, -0.2) is 21.0 Å². The summed E-state index contributed by atoms with van der Waals surface area (Å²) < 4.78 is 2.35. The summed E-state index contributed by atoms with van der Waals surface area (Å²) in [4.78, 5) is 2.56. The molecule has 0 bridgehead atoms. The van der Waals surface area contributed by atoms with Crippen molar-refractivity contribution in [2.45, 2.75) is 72.1 Å². The van der Waals surface area contributed by atoms with E-state index < -0.39 is 0 Å². The van der Waals surface area contributed by atoms with Gasteiger partial charge >= 0.3 is 0 Å². The third-order valence-electron chi connectivity index (χ3n) is 5.47. The van der Waals surface area contributed by atoms with E-state index in [1.807, 2.05) is 0 Å². The van der Waals surface area contributed by atoms with Crippen molar-refractivity contribution in [3.8, 4) is 0 Å². The molecule has 0 aliphatic carbocycles. The third kappa shape index (κ3) is 2.92. The normalized spacial score (nSPS) is 17.0. The van der Waals surface area contributed by atoms with E-state index in [1.165, 1.54) is 33.3 Å². The Labute approximate surface area is 140 Å². The molecule has 0 saturated heterocycles. The third-order valence-corrected chi connectivity index (χ3v) is 5.47. The smallest absolute Gasteiger partial charge is 0.0486 e. The summed E-state index contributed by atoms with van der Waals surface area (Å²) in [6.07, 6.45) is 2.12. The summed E-state index contributed by atoms with van der Waals surface area (Å²) in [6, 6.07) is 5.12. The van der Waals surface area contributed by atoms with E-state index in [0.29, 0.717) is 0 Å². The summed E-state index contributed by atoms with van der Waals surface area (Å²) in [7, 11) is 2.19. The second-order valence-electron chi connectivity index (χ2n) is 8.30. The predicted molar refractivity (Wildman–Crippen MR) is 98.6 cm³/mol. The molecule has 0 saturated carbocycles. The van der Waals surface area contributed by atoms with Gasteiger partial charge in [-0.15, -0.1) is 0 Å². The van der Waals surface area contributed by atoms with Crippen molar-refractivity contribution in [2.24, 2.45) is 12.8 Å². The Morgan fingerprint density at radius 3 is 2.35 bits per heavy atom. The second kappa shape index (κ2) is 5.64. The Morgan fingerprint density at radius 1 is 1.17 bits per heavy atom. The predicted octanol–water partition coefficient (Wildman–Crippen LogP) is 3.88. The lowest BCUT2D eigenvalue weighted by Crippen LogP contribution is -2.36. The van der Waals surface area contributed by atoms with Crippen LogP contribution in [0.5, 0.6) is 0 Å². The van der Waals surface area contributed by atoms with Crippen molar-refractivity contribution in [3.05, 3.63) is 34.5 Å². The van der Waals surface area contributed by atoms with Crippen LogP contribution in [0.2, 0.25) is 0 Å². The van der Waals surface area contributed by atoms with E-state index >= 15 is 0 Å². The zero-order valence-electron chi connectivity index (χ0n) is 15.5. The van der Waals surface area contributed by atoms with E-state index in [1.54, 1.807) is 0 Å². The maximum absolute atomic E-state index is 5.98. The number of rotatable bonds is 3. The first-order valence-corrected chi connectivity index (χ1v) is 8.78. The summed E-state index contributed by atoms with van der Waals surface area (Å²) in [5.41, 5.74) is 13.4. The van der Waals surface area contributed by atoms with Gasteiger partial charge in [0, 0.05) is 48.3 Å². The molecule has 1 aliphatic rings. The molecule has 2 heterocycles. The molecule has 23 heavy (non-hydrogen) atoms. The number of nitrogens with zero attached hydrogens (tertiary/aromatic N) is 2. The van der Waals surface area contributed by atoms with E-state index in [0.717, 1.165) is 25.9 Å². The number of aryl methyl sites for hydroxylation is 2. The fourth-order valence-corrected chi connectivity index (χ4v) is 3.70. The van der Waals surface area contributed by atoms with Gasteiger partial charge in [0.1, 0.15) is 0 Å². The quantitative estimate of drug-likeness (QED) is 0.933. The van der Waals surface area contributed by atoms with Crippen molar-refractivity contribution in [1.29, 1.82) is 0 Å². The molecule has 1 aliphatic heterocycles. The summed E-state index contributed by atoms with van der Waals surface area (Å²) in [5.74, 6) is 0. The molecule has 3 heteroatoms. The van der Waals surface area contributed by atoms with Crippen molar-refractivity contribution in [3.63, 3.8) is 0 Å². The molecular formula is C20H31N3. The second-order valence-corrected chi connectivity index (χ2v) is 8.30. The molecule has 126 valence electrons. The van der Waals surface area contributed by atoms with Crippen molar-refractivity contribution >= 4 is 10.9 Å². The average molecular weight is 313 g/mol. The van der Waals surface area contributed by atoms with Gasteiger partial charge in [-0.1, -0.05) is 0 Å². The first-order chi connectivity index (χ1) is 10.7. The van der Waals surface area contributed by atoms with Crippen molar-refractivity contribution < 1.29 is 0 Å². The fourth-order valence-electron chi connectivity index (χ4n) is 3.70. The number of benzene rings is 1. The molecule has 3 rings (SSSR count). The van der Waals surface area contributed by atoms with Gasteiger partial charge in [-0.2, -0.15) is 0 Å². The van der Waals surface area contributed by atoms with Gasteiger partial charge in [0.25, 0.3) is 0 Å². The van der Waals surface area contributed by atoms with Crippen LogP contribution in [0.25, 0.3) is 10.9 Å². The van der Waals surface area contributed by atoms with Crippen molar-refractivity contribution in [1.82, 2.24) is 9.47 Å². The van der Waals surface area contributed by atoms with E-state index in [9.17, 15) is 0 Å². The maximum Gasteiger partial charge on any atom is 0.0486 e. The van der Waals surface area contributed by atoms with Crippen LogP contribution in [0, 0.1) is 6.92 Å². The van der Waals surface area contributed by atoms with Crippen LogP contribution in [0.1, 0.15) is 56.5 Å². The lowest BCUT2D eigenvalue weighted by molar-refractivity contribution is 0.136. The zero-order chi connectivity index (χ0) is 16.9. The molecule has 0 radical (unpaired) electrons. The molecular weight excluding hydrogens is 282 g/mol. The average Bonchev–Trinajstić information content (AvgIpc) is 2.96. The summed E-state index contributed by atoms with van der Waals surface area (Å²) in [5, 5.41) is 1.43. The lowest BCUT2D eigenvalue weighted by Gasteiger charge is -2.31. The molecule has 1 atom stereocenters. The lowest BCUT2D eigenvalue weighted by atomic mass is 10.0. The maximum atomic E-state index is 5.98. The van der Waals surface area contributed by atoms with Crippen molar-refractivity contribution in [2.75, 3.05) is 0 Å². The van der Waals surface area contributed by atoms with Crippen LogP contribution in [-0.2, 0) is 26.6 Å². The Kier molecular flexibility index (Phi) is 4.06. The molecule has 2 aromatic rings. The van der Waals surface area contributed by atoms with Crippen LogP contribution in [0.4, 0.5) is 0 Å². The van der Waals surface area contributed by atoms with Crippen LogP contribution >= 0.6 is 0 Å². The minimum Gasteiger partial charge on any atom is -0.348 e. The first kappa shape index (κ1) is 16.5. The molecule has 1 aromatic carbocycles. The van der Waals surface area contributed by atoms with Gasteiger partial charge in [-0.3, -0.25) is 4.90 Å². The minimum atomic E-state index is 0.221. The minimum absolute atomic E-state index is 0.221. The summed E-state index contributed by atoms with van der Waals surface area (Å²) in [6.45, 7) is 13.4. The van der Waals surface area contributed by atoms with Gasteiger partial charge in [0.15, 0.2) is 0 Å². The molecule has 0 spiro atoms. The SMILES string of the molecule is Cc1c(CCC(C)N)c2cc3c(cc2n1C)CN(C(C)(C)C)C3. The first-order valence-electron chi connectivity index (χ1n) is 8.78. The Morgan fingerprint density at radius 2 is 1.78 bits per heavy atom. The molecule has 1 unspecified atom stereocenters. The van der Waals surface area contributed by atoms with E-state index in [4.69, 9.17) is 5.73 Å². The van der Waals surface area contributed by atoms with E-state index in [-0.39, 0.29) is 11.6 Å². The zero-order valence-corrected chi connectivity index (χ0v) is 15.5. The number of hydrogen-bond acceptors (Lipinski definition) is 2. The Bertz CT molecular complexity index is 732. The molecule has 0 fully saturated rings. The van der Waals surface area contributed by atoms with Crippen LogP contribution in [0.3, 0.4) is 0 Å². The summed E-state index contributed by atoms with van der Waals surface area (Å²) >= 11 is 0. The monoisotopic (exact) mass is 313 g/mol. The number of hydrogen-bond donors (Lipinski definition) is 1. The Hall–Kier alpha value is -1.32. The van der Waals surface area contributed by atoms with Gasteiger partial charge in [-0.05, 0) is 76.3 Å². The fraction of sp³-hybridized carbons (Fsp3) is 0.600. The van der Waals surface area contributed by atoms with E-state index in [2.05, 4.69) is 63.3 Å². The van der Waals surface area contributed by atoms with Gasteiger partial charge in [0.05, 0.1) is 0 Å².